The zero-order valence-corrected chi connectivity index (χ0v) is 25.6. The Hall–Kier alpha value is -4.51. The molecule has 2 saturated heterocycles. The first-order valence-corrected chi connectivity index (χ1v) is 15.5. The van der Waals surface area contributed by atoms with Crippen molar-refractivity contribution in [3.05, 3.63) is 72.2 Å². The number of rotatable bonds is 10. The van der Waals surface area contributed by atoms with Crippen LogP contribution >= 0.6 is 0 Å². The third-order valence-electron chi connectivity index (χ3n) is 8.47. The van der Waals surface area contributed by atoms with E-state index in [1.807, 2.05) is 65.2 Å². The third-order valence-corrected chi connectivity index (χ3v) is 8.47. The Morgan fingerprint density at radius 2 is 1.73 bits per heavy atom. The lowest BCUT2D eigenvalue weighted by Crippen LogP contribution is -2.49. The van der Waals surface area contributed by atoms with E-state index in [1.54, 1.807) is 18.2 Å². The molecule has 0 radical (unpaired) electrons. The standard InChI is InChI=1S/C33H40N8O3/c1-3-44-29-8-6-7-26(21-29)23-41-32-30(22-36-41)31(34-24-35-32)38-16-18-39(19-17-38)33(43)27-9-11-28(12-10-27)40(25(2)42)20-15-37-13-4-5-14-37/h6-12,21-22,24H,3-5,13-20,23H2,1-2H3. The molecule has 0 bridgehead atoms. The fourth-order valence-corrected chi connectivity index (χ4v) is 6.13. The van der Waals surface area contributed by atoms with Crippen LogP contribution in [0.25, 0.3) is 11.0 Å². The summed E-state index contributed by atoms with van der Waals surface area (Å²) in [7, 11) is 0. The second-order valence-corrected chi connectivity index (χ2v) is 11.4. The van der Waals surface area contributed by atoms with E-state index in [1.165, 1.54) is 12.8 Å². The summed E-state index contributed by atoms with van der Waals surface area (Å²) in [6.45, 7) is 11.0. The minimum absolute atomic E-state index is 0.00224. The van der Waals surface area contributed by atoms with Gasteiger partial charge in [-0.3, -0.25) is 9.59 Å². The van der Waals surface area contributed by atoms with Gasteiger partial charge in [0.25, 0.3) is 5.91 Å². The van der Waals surface area contributed by atoms with Gasteiger partial charge in [-0.2, -0.15) is 5.10 Å². The summed E-state index contributed by atoms with van der Waals surface area (Å²) in [4.78, 5) is 43.2. The smallest absolute Gasteiger partial charge is 0.253 e. The minimum atomic E-state index is -0.00224. The van der Waals surface area contributed by atoms with E-state index in [4.69, 9.17) is 4.74 Å². The highest BCUT2D eigenvalue weighted by molar-refractivity contribution is 5.96. The number of hydrogen-bond donors (Lipinski definition) is 0. The summed E-state index contributed by atoms with van der Waals surface area (Å²) >= 11 is 0. The first-order valence-electron chi connectivity index (χ1n) is 15.5. The van der Waals surface area contributed by atoms with Crippen molar-refractivity contribution in [2.24, 2.45) is 0 Å². The van der Waals surface area contributed by atoms with Crippen LogP contribution in [0, 0.1) is 0 Å². The third kappa shape index (κ3) is 6.52. The fraction of sp³-hybridized carbons (Fsp3) is 0.424. The predicted octanol–water partition coefficient (Wildman–Crippen LogP) is 3.68. The Kier molecular flexibility index (Phi) is 9.02. The SMILES string of the molecule is CCOc1cccc(Cn2ncc3c(N4CCN(C(=O)c5ccc(N(CCN6CCCC6)C(C)=O)cc5)CC4)ncnc32)c1. The molecule has 6 rings (SSSR count). The summed E-state index contributed by atoms with van der Waals surface area (Å²) in [6, 6.07) is 15.5. The van der Waals surface area contributed by atoms with Crippen molar-refractivity contribution in [2.75, 3.05) is 68.8 Å². The number of ether oxygens (including phenoxy) is 1. The maximum atomic E-state index is 13.4. The van der Waals surface area contributed by atoms with E-state index in [0.29, 0.717) is 51.4 Å². The van der Waals surface area contributed by atoms with Crippen LogP contribution in [0.5, 0.6) is 5.75 Å². The lowest BCUT2D eigenvalue weighted by Gasteiger charge is -2.35. The number of anilines is 2. The molecule has 0 N–H and O–H groups in total. The van der Waals surface area contributed by atoms with Crippen LogP contribution < -0.4 is 14.5 Å². The second kappa shape index (κ2) is 13.4. The number of carbonyl (C=O) groups excluding carboxylic acids is 2. The Labute approximate surface area is 258 Å². The van der Waals surface area contributed by atoms with Crippen molar-refractivity contribution < 1.29 is 14.3 Å². The first-order chi connectivity index (χ1) is 21.5. The Morgan fingerprint density at radius 1 is 0.955 bits per heavy atom. The van der Waals surface area contributed by atoms with Crippen LogP contribution in [-0.2, 0) is 11.3 Å². The Bertz CT molecular complexity index is 1590. The quantitative estimate of drug-likeness (QED) is 0.273. The number of hydrogen-bond acceptors (Lipinski definition) is 8. The molecule has 11 nitrogen and oxygen atoms in total. The van der Waals surface area contributed by atoms with Gasteiger partial charge in [-0.1, -0.05) is 12.1 Å². The van der Waals surface area contributed by atoms with Gasteiger partial charge >= 0.3 is 0 Å². The molecule has 44 heavy (non-hydrogen) atoms. The highest BCUT2D eigenvalue weighted by Gasteiger charge is 2.25. The van der Waals surface area contributed by atoms with E-state index in [2.05, 4.69) is 30.9 Å². The van der Waals surface area contributed by atoms with E-state index in [9.17, 15) is 9.59 Å². The number of likely N-dealkylation sites (tertiary alicyclic amines) is 1. The molecule has 0 spiro atoms. The van der Waals surface area contributed by atoms with E-state index in [0.717, 1.165) is 53.5 Å². The summed E-state index contributed by atoms with van der Waals surface area (Å²) in [6.07, 6.45) is 5.86. The maximum Gasteiger partial charge on any atom is 0.253 e. The van der Waals surface area contributed by atoms with Crippen LogP contribution in [-0.4, -0.2) is 100 Å². The Balaban J connectivity index is 1.08. The average molecular weight is 597 g/mol. The van der Waals surface area contributed by atoms with Gasteiger partial charge in [0.2, 0.25) is 5.91 Å². The van der Waals surface area contributed by atoms with Gasteiger partial charge in [0.15, 0.2) is 5.65 Å². The highest BCUT2D eigenvalue weighted by Crippen LogP contribution is 2.25. The van der Waals surface area contributed by atoms with Crippen molar-refractivity contribution in [1.29, 1.82) is 0 Å². The summed E-state index contributed by atoms with van der Waals surface area (Å²) in [5.74, 6) is 1.68. The molecule has 2 aromatic heterocycles. The number of nitrogens with zero attached hydrogens (tertiary/aromatic N) is 8. The monoisotopic (exact) mass is 596 g/mol. The van der Waals surface area contributed by atoms with Gasteiger partial charge < -0.3 is 24.3 Å². The van der Waals surface area contributed by atoms with Crippen molar-refractivity contribution >= 4 is 34.4 Å². The topological polar surface area (TPSA) is 99.9 Å². The summed E-state index contributed by atoms with van der Waals surface area (Å²) in [5, 5.41) is 5.51. The van der Waals surface area contributed by atoms with Crippen molar-refractivity contribution in [3.63, 3.8) is 0 Å². The normalized spacial score (nSPS) is 15.6. The molecular formula is C33H40N8O3. The molecule has 4 heterocycles. The molecule has 0 aliphatic carbocycles. The number of piperazine rings is 1. The van der Waals surface area contributed by atoms with Crippen molar-refractivity contribution in [2.45, 2.75) is 33.2 Å². The number of carbonyl (C=O) groups is 2. The predicted molar refractivity (Wildman–Crippen MR) is 170 cm³/mol. The largest absolute Gasteiger partial charge is 0.494 e. The molecule has 2 aliphatic rings. The molecule has 2 amide bonds. The lowest BCUT2D eigenvalue weighted by molar-refractivity contribution is -0.116. The number of amides is 2. The van der Waals surface area contributed by atoms with Crippen LogP contribution in [0.4, 0.5) is 11.5 Å². The number of aromatic nitrogens is 4. The summed E-state index contributed by atoms with van der Waals surface area (Å²) < 4.78 is 7.53. The van der Waals surface area contributed by atoms with Crippen LogP contribution in [0.3, 0.4) is 0 Å². The zero-order chi connectivity index (χ0) is 30.5. The van der Waals surface area contributed by atoms with E-state index < -0.39 is 0 Å². The van der Waals surface area contributed by atoms with Gasteiger partial charge in [-0.25, -0.2) is 14.6 Å². The molecular weight excluding hydrogens is 556 g/mol. The van der Waals surface area contributed by atoms with E-state index >= 15 is 0 Å². The molecule has 4 aromatic rings. The van der Waals surface area contributed by atoms with Crippen LogP contribution in [0.1, 0.15) is 42.6 Å². The van der Waals surface area contributed by atoms with Gasteiger partial charge in [-0.15, -0.1) is 0 Å². The highest BCUT2D eigenvalue weighted by atomic mass is 16.5. The van der Waals surface area contributed by atoms with Gasteiger partial charge in [0.1, 0.15) is 17.9 Å². The molecule has 11 heteroatoms. The van der Waals surface area contributed by atoms with Crippen LogP contribution in [0.15, 0.2) is 61.1 Å². The first kappa shape index (κ1) is 29.6. The van der Waals surface area contributed by atoms with E-state index in [-0.39, 0.29) is 11.8 Å². The fourth-order valence-electron chi connectivity index (χ4n) is 6.13. The molecule has 2 aromatic carbocycles. The molecule has 0 unspecified atom stereocenters. The molecule has 0 atom stereocenters. The van der Waals surface area contributed by atoms with Crippen molar-refractivity contribution in [1.82, 2.24) is 29.5 Å². The number of benzene rings is 2. The van der Waals surface area contributed by atoms with Gasteiger partial charge in [0.05, 0.1) is 24.7 Å². The lowest BCUT2D eigenvalue weighted by atomic mass is 10.1. The van der Waals surface area contributed by atoms with Crippen LogP contribution in [0.2, 0.25) is 0 Å². The number of fused-ring (bicyclic) bond motifs is 1. The molecule has 230 valence electrons. The van der Waals surface area contributed by atoms with Gasteiger partial charge in [-0.05, 0) is 74.8 Å². The molecule has 2 aliphatic heterocycles. The molecule has 0 saturated carbocycles. The summed E-state index contributed by atoms with van der Waals surface area (Å²) in [5.41, 5.74) is 3.31. The van der Waals surface area contributed by atoms with Gasteiger partial charge in [0, 0.05) is 57.4 Å². The maximum absolute atomic E-state index is 13.4. The second-order valence-electron chi connectivity index (χ2n) is 11.4. The zero-order valence-electron chi connectivity index (χ0n) is 25.6. The molecule has 2 fully saturated rings. The minimum Gasteiger partial charge on any atom is -0.494 e. The Morgan fingerprint density at radius 3 is 2.45 bits per heavy atom. The average Bonchev–Trinajstić information content (AvgIpc) is 3.72. The van der Waals surface area contributed by atoms with Crippen molar-refractivity contribution in [3.8, 4) is 5.75 Å².